The van der Waals surface area contributed by atoms with Gasteiger partial charge in [0, 0.05) is 19.4 Å². The lowest BCUT2D eigenvalue weighted by molar-refractivity contribution is -0.352. The van der Waals surface area contributed by atoms with Crippen LogP contribution in [0.5, 0.6) is 0 Å². The van der Waals surface area contributed by atoms with E-state index >= 15 is 0 Å². The summed E-state index contributed by atoms with van der Waals surface area (Å²) in [6, 6.07) is 0. The van der Waals surface area contributed by atoms with Crippen LogP contribution in [0.1, 0.15) is 13.3 Å². The van der Waals surface area contributed by atoms with Crippen LogP contribution in [-0.2, 0) is 33.2 Å². The highest BCUT2D eigenvalue weighted by atomic mass is 16.8. The Morgan fingerprint density at radius 3 is 2.48 bits per heavy atom. The van der Waals surface area contributed by atoms with E-state index in [1.165, 1.54) is 20.5 Å². The second kappa shape index (κ2) is 9.23. The minimum atomic E-state index is -1.58. The second-order valence-electron chi connectivity index (χ2n) is 7.33. The Bertz CT molecular complexity index is 609. The number of carbonyl (C=O) groups excluding carboxylic acids is 1. The van der Waals surface area contributed by atoms with Crippen LogP contribution >= 0.6 is 0 Å². The fourth-order valence-electron chi connectivity index (χ4n) is 4.04. The molecule has 0 bridgehead atoms. The first-order valence-electron chi connectivity index (χ1n) is 9.40. The molecule has 0 saturated carbocycles. The van der Waals surface area contributed by atoms with Gasteiger partial charge < -0.3 is 48.8 Å². The molecule has 0 amide bonds. The Hall–Kier alpha value is -1.31. The van der Waals surface area contributed by atoms with Gasteiger partial charge in [-0.15, -0.1) is 0 Å². The van der Waals surface area contributed by atoms with Gasteiger partial charge in [-0.3, -0.25) is 0 Å². The van der Waals surface area contributed by atoms with Crippen molar-refractivity contribution in [3.05, 3.63) is 11.8 Å². The summed E-state index contributed by atoms with van der Waals surface area (Å²) in [5.41, 5.74) is 0.309. The van der Waals surface area contributed by atoms with Crippen molar-refractivity contribution in [2.45, 2.75) is 62.7 Å². The molecular weight excluding hydrogens is 392 g/mol. The van der Waals surface area contributed by atoms with Crippen molar-refractivity contribution in [2.75, 3.05) is 20.8 Å². The number of methoxy groups -OCH3 is 2. The van der Waals surface area contributed by atoms with Gasteiger partial charge in [0.2, 0.25) is 6.29 Å². The summed E-state index contributed by atoms with van der Waals surface area (Å²) in [6.45, 7) is 1.19. The molecule has 3 aliphatic heterocycles. The molecule has 166 valence electrons. The maximum Gasteiger partial charge on any atom is 0.337 e. The number of aliphatic hydroxyl groups excluding tert-OH is 4. The maximum absolute atomic E-state index is 12.2. The summed E-state index contributed by atoms with van der Waals surface area (Å²) < 4.78 is 32.7. The molecule has 29 heavy (non-hydrogen) atoms. The minimum Gasteiger partial charge on any atom is -0.471 e. The minimum absolute atomic E-state index is 0.309. The zero-order valence-electron chi connectivity index (χ0n) is 16.4. The molecule has 3 rings (SSSR count). The third-order valence-corrected chi connectivity index (χ3v) is 5.66. The monoisotopic (exact) mass is 420 g/mol. The van der Waals surface area contributed by atoms with Gasteiger partial charge in [0.15, 0.2) is 12.6 Å². The normalized spacial score (nSPS) is 45.0. The average molecular weight is 420 g/mol. The number of esters is 1. The van der Waals surface area contributed by atoms with E-state index in [4.69, 9.17) is 28.4 Å². The lowest BCUT2D eigenvalue weighted by Gasteiger charge is -2.47. The molecule has 11 heteroatoms. The molecule has 0 spiro atoms. The van der Waals surface area contributed by atoms with E-state index in [9.17, 15) is 25.2 Å². The van der Waals surface area contributed by atoms with Crippen LogP contribution in [0.4, 0.5) is 0 Å². The molecule has 11 nitrogen and oxygen atoms in total. The van der Waals surface area contributed by atoms with Crippen LogP contribution in [0.15, 0.2) is 11.8 Å². The van der Waals surface area contributed by atoms with Gasteiger partial charge in [-0.25, -0.2) is 4.79 Å². The molecular formula is C18H28O11. The molecule has 1 unspecified atom stereocenters. The zero-order valence-corrected chi connectivity index (χ0v) is 16.4. The Morgan fingerprint density at radius 2 is 1.86 bits per heavy atom. The maximum atomic E-state index is 12.2. The van der Waals surface area contributed by atoms with Crippen molar-refractivity contribution in [1.82, 2.24) is 0 Å². The Kier molecular flexibility index (Phi) is 7.12. The lowest BCUT2D eigenvalue weighted by Crippen LogP contribution is -2.61. The van der Waals surface area contributed by atoms with Crippen LogP contribution in [-0.4, -0.2) is 96.6 Å². The van der Waals surface area contributed by atoms with E-state index in [1.807, 2.05) is 0 Å². The van der Waals surface area contributed by atoms with Crippen molar-refractivity contribution < 1.29 is 53.6 Å². The number of ether oxygens (including phenoxy) is 6. The highest BCUT2D eigenvalue weighted by Crippen LogP contribution is 2.43. The van der Waals surface area contributed by atoms with Crippen LogP contribution in [0.25, 0.3) is 0 Å². The summed E-state index contributed by atoms with van der Waals surface area (Å²) in [7, 11) is 2.77. The van der Waals surface area contributed by atoms with E-state index in [-0.39, 0.29) is 5.92 Å². The van der Waals surface area contributed by atoms with Crippen molar-refractivity contribution in [3.8, 4) is 0 Å². The van der Waals surface area contributed by atoms with Gasteiger partial charge in [0.25, 0.3) is 0 Å². The average Bonchev–Trinajstić information content (AvgIpc) is 2.73. The third kappa shape index (κ3) is 4.28. The van der Waals surface area contributed by atoms with E-state index in [1.54, 1.807) is 6.92 Å². The van der Waals surface area contributed by atoms with E-state index < -0.39 is 67.9 Å². The van der Waals surface area contributed by atoms with Gasteiger partial charge in [0.1, 0.15) is 24.4 Å². The first-order valence-corrected chi connectivity index (χ1v) is 9.40. The predicted molar refractivity (Wildman–Crippen MR) is 92.8 cm³/mol. The molecule has 3 aliphatic rings. The largest absolute Gasteiger partial charge is 0.471 e. The highest BCUT2D eigenvalue weighted by Gasteiger charge is 2.51. The molecule has 0 aromatic carbocycles. The third-order valence-electron chi connectivity index (χ3n) is 5.66. The fourth-order valence-corrected chi connectivity index (χ4v) is 4.04. The van der Waals surface area contributed by atoms with Crippen LogP contribution in [0.3, 0.4) is 0 Å². The van der Waals surface area contributed by atoms with E-state index in [0.717, 1.165) is 0 Å². The molecule has 0 aromatic heterocycles. The molecule has 2 fully saturated rings. The van der Waals surface area contributed by atoms with Crippen LogP contribution in [0.2, 0.25) is 0 Å². The SMILES string of the molecule is COC(=O)C1=CO[C@@H](O[C@@H]2O[C@H](CO)[C@@H](O)[C@H](O)[C@H]2O)C2[C@H](C)O[C@@H](OC)C[C@H]12. The van der Waals surface area contributed by atoms with E-state index in [0.29, 0.717) is 12.0 Å². The van der Waals surface area contributed by atoms with Crippen molar-refractivity contribution >= 4 is 5.97 Å². The number of fused-ring (bicyclic) bond motifs is 1. The van der Waals surface area contributed by atoms with E-state index in [2.05, 4.69) is 0 Å². The smallest absolute Gasteiger partial charge is 0.337 e. The predicted octanol–water partition coefficient (Wildman–Crippen LogP) is -1.77. The second-order valence-corrected chi connectivity index (χ2v) is 7.33. The van der Waals surface area contributed by atoms with Gasteiger partial charge in [-0.1, -0.05) is 0 Å². The highest BCUT2D eigenvalue weighted by molar-refractivity contribution is 5.88. The standard InChI is InChI=1S/C18H28O11/c1-7-12-8(4-11(24-2)27-7)9(16(23)25-3)6-26-17(12)29-18-15(22)14(21)13(20)10(5-19)28-18/h6-8,10-15,17-22H,4-5H2,1-3H3/t7-,8+,10+,11+,12?,13+,14-,15+,17-,18-/m0/s1. The molecule has 0 aromatic rings. The Morgan fingerprint density at radius 1 is 1.14 bits per heavy atom. The number of rotatable bonds is 5. The molecule has 4 N–H and O–H groups in total. The summed E-state index contributed by atoms with van der Waals surface area (Å²) >= 11 is 0. The first-order chi connectivity index (χ1) is 13.8. The molecule has 0 radical (unpaired) electrons. The van der Waals surface area contributed by atoms with Gasteiger partial charge in [-0.2, -0.15) is 0 Å². The van der Waals surface area contributed by atoms with Crippen molar-refractivity contribution in [1.29, 1.82) is 0 Å². The molecule has 10 atom stereocenters. The summed E-state index contributed by atoms with van der Waals surface area (Å²) in [5, 5.41) is 39.5. The Balaban J connectivity index is 1.82. The molecule has 3 heterocycles. The van der Waals surface area contributed by atoms with Crippen LogP contribution < -0.4 is 0 Å². The topological polar surface area (TPSA) is 153 Å². The van der Waals surface area contributed by atoms with Crippen LogP contribution in [0, 0.1) is 11.8 Å². The van der Waals surface area contributed by atoms with Gasteiger partial charge >= 0.3 is 5.97 Å². The zero-order chi connectivity index (χ0) is 21.3. The van der Waals surface area contributed by atoms with Crippen molar-refractivity contribution in [2.24, 2.45) is 11.8 Å². The van der Waals surface area contributed by atoms with Gasteiger partial charge in [-0.05, 0) is 6.92 Å². The first kappa shape index (κ1) is 22.4. The number of hydrogen-bond donors (Lipinski definition) is 4. The number of hydrogen-bond acceptors (Lipinski definition) is 11. The van der Waals surface area contributed by atoms with Crippen molar-refractivity contribution in [3.63, 3.8) is 0 Å². The number of carbonyl (C=O) groups is 1. The quantitative estimate of drug-likeness (QED) is 0.374. The summed E-state index contributed by atoms with van der Waals surface area (Å²) in [6.07, 6.45) is -7.54. The fraction of sp³-hybridized carbons (Fsp3) is 0.833. The summed E-state index contributed by atoms with van der Waals surface area (Å²) in [5.74, 6) is -1.40. The molecule has 0 aliphatic carbocycles. The Labute approximate surface area is 167 Å². The lowest BCUT2D eigenvalue weighted by atomic mass is 9.77. The summed E-state index contributed by atoms with van der Waals surface area (Å²) in [4.78, 5) is 12.2. The molecule has 2 saturated heterocycles. The van der Waals surface area contributed by atoms with Gasteiger partial charge in [0.05, 0.1) is 37.6 Å². The number of aliphatic hydroxyl groups is 4.